The first-order valence-electron chi connectivity index (χ1n) is 15.5. The quantitative estimate of drug-likeness (QED) is 0.208. The molecule has 228 valence electrons. The molecule has 4 fully saturated rings. The predicted octanol–water partition coefficient (Wildman–Crippen LogP) is 6.82. The third-order valence-electron chi connectivity index (χ3n) is 11.1. The van der Waals surface area contributed by atoms with E-state index in [4.69, 9.17) is 9.47 Å². The topological polar surface area (TPSA) is 89.9 Å². The summed E-state index contributed by atoms with van der Waals surface area (Å²) in [6.07, 6.45) is 8.84. The number of ketones is 1. The number of carbonyl (C=O) groups excluding carboxylic acids is 3. The van der Waals surface area contributed by atoms with Gasteiger partial charge in [-0.05, 0) is 72.1 Å². The van der Waals surface area contributed by atoms with Crippen molar-refractivity contribution in [3.05, 3.63) is 78.9 Å². The van der Waals surface area contributed by atoms with Crippen molar-refractivity contribution in [3.63, 3.8) is 0 Å². The Bertz CT molecular complexity index is 1380. The number of Topliss-reactive ketones (excluding diaryl/α,β-unsaturated/α-hetero) is 1. The fourth-order valence-corrected chi connectivity index (χ4v) is 8.44. The normalized spacial score (nSPS) is 33.7. The zero-order valence-electron chi connectivity index (χ0n) is 25.6. The Hall–Kier alpha value is -3.51. The maximum absolute atomic E-state index is 13.5. The molecule has 0 heterocycles. The van der Waals surface area contributed by atoms with Gasteiger partial charge in [0.1, 0.15) is 5.78 Å². The largest absolute Gasteiger partial charge is 0.463 e. The molecule has 2 bridgehead atoms. The minimum Gasteiger partial charge on any atom is -0.463 e. The van der Waals surface area contributed by atoms with Gasteiger partial charge in [0.15, 0.2) is 6.61 Å². The zero-order chi connectivity index (χ0) is 30.8. The molecule has 2 aromatic carbocycles. The van der Waals surface area contributed by atoms with Gasteiger partial charge in [-0.3, -0.25) is 4.79 Å². The van der Waals surface area contributed by atoms with Crippen LogP contribution in [-0.2, 0) is 23.9 Å². The first kappa shape index (κ1) is 30.9. The molecule has 0 unspecified atom stereocenters. The van der Waals surface area contributed by atoms with Crippen molar-refractivity contribution < 1.29 is 29.0 Å². The van der Waals surface area contributed by atoms with Crippen LogP contribution < -0.4 is 0 Å². The maximum atomic E-state index is 13.5. The summed E-state index contributed by atoms with van der Waals surface area (Å²) in [6.45, 7) is 9.87. The smallest absolute Gasteiger partial charge is 0.344 e. The summed E-state index contributed by atoms with van der Waals surface area (Å²) < 4.78 is 10.9. The molecule has 43 heavy (non-hydrogen) atoms. The lowest BCUT2D eigenvalue weighted by Crippen LogP contribution is -2.56. The van der Waals surface area contributed by atoms with E-state index in [0.29, 0.717) is 6.42 Å². The second-order valence-corrected chi connectivity index (χ2v) is 13.4. The zero-order valence-corrected chi connectivity index (χ0v) is 25.6. The van der Waals surface area contributed by atoms with E-state index in [1.807, 2.05) is 60.7 Å². The Morgan fingerprint density at radius 2 is 1.65 bits per heavy atom. The summed E-state index contributed by atoms with van der Waals surface area (Å²) in [5.74, 6) is -1.28. The van der Waals surface area contributed by atoms with Crippen LogP contribution in [0.3, 0.4) is 0 Å². The summed E-state index contributed by atoms with van der Waals surface area (Å²) in [4.78, 5) is 38.6. The van der Waals surface area contributed by atoms with Gasteiger partial charge in [-0.1, -0.05) is 81.4 Å². The first-order chi connectivity index (χ1) is 20.5. The van der Waals surface area contributed by atoms with Crippen LogP contribution in [0.15, 0.2) is 73.3 Å². The molecule has 4 saturated carbocycles. The number of benzene rings is 2. The van der Waals surface area contributed by atoms with Crippen LogP contribution >= 0.6 is 0 Å². The number of hydrogen-bond acceptors (Lipinski definition) is 6. The summed E-state index contributed by atoms with van der Waals surface area (Å²) in [5.41, 5.74) is 1.69. The minimum atomic E-state index is -0.631. The van der Waals surface area contributed by atoms with Gasteiger partial charge in [-0.25, -0.2) is 9.59 Å². The van der Waals surface area contributed by atoms with E-state index in [-0.39, 0.29) is 35.6 Å². The van der Waals surface area contributed by atoms with Crippen molar-refractivity contribution in [3.8, 4) is 11.1 Å². The number of carbonyl (C=O) groups is 3. The number of fused-ring (bicyclic) bond motifs is 5. The molecule has 4 aliphatic carbocycles. The molecule has 0 radical (unpaired) electrons. The van der Waals surface area contributed by atoms with E-state index in [1.54, 1.807) is 6.08 Å². The van der Waals surface area contributed by atoms with E-state index in [2.05, 4.69) is 27.4 Å². The fraction of sp³-hybridized carbons (Fsp3) is 0.486. The number of esters is 2. The summed E-state index contributed by atoms with van der Waals surface area (Å²) in [5, 5.41) is 11.5. The Balaban J connectivity index is 1.21. The number of ether oxygens (including phenoxy) is 2. The molecule has 6 rings (SSSR count). The van der Waals surface area contributed by atoms with Crippen molar-refractivity contribution in [1.82, 2.24) is 0 Å². The first-order valence-corrected chi connectivity index (χ1v) is 15.5. The number of rotatable bonds is 8. The summed E-state index contributed by atoms with van der Waals surface area (Å²) in [6, 6.07) is 17.8. The van der Waals surface area contributed by atoms with Gasteiger partial charge in [0.2, 0.25) is 0 Å². The SMILES string of the molecule is C=C[C@]1(C)CC[C@@H]2CC[C@]3(CCC(=O)[C@H]3[C@]2(C)COC(=O)COC(=O)/C=C/c2ccc(-c3ccccc3)cc2)[C@@H](C)[C@@H]1O. The van der Waals surface area contributed by atoms with E-state index in [1.165, 1.54) is 6.08 Å². The third-order valence-corrected chi connectivity index (χ3v) is 11.1. The van der Waals surface area contributed by atoms with Crippen LogP contribution in [0, 0.1) is 34.0 Å². The average Bonchev–Trinajstić information content (AvgIpc) is 3.40. The van der Waals surface area contributed by atoms with E-state index >= 15 is 0 Å². The highest BCUT2D eigenvalue weighted by Gasteiger charge is 2.65. The monoisotopic (exact) mass is 584 g/mol. The highest BCUT2D eigenvalue weighted by Crippen LogP contribution is 2.66. The molecular formula is C37H44O6. The van der Waals surface area contributed by atoms with E-state index in [9.17, 15) is 19.5 Å². The maximum Gasteiger partial charge on any atom is 0.344 e. The molecule has 0 aromatic heterocycles. The number of aliphatic hydroxyl groups is 1. The predicted molar refractivity (Wildman–Crippen MR) is 167 cm³/mol. The molecule has 6 heteroatoms. The summed E-state index contributed by atoms with van der Waals surface area (Å²) >= 11 is 0. The highest BCUT2D eigenvalue weighted by atomic mass is 16.6. The molecule has 0 aliphatic heterocycles. The lowest BCUT2D eigenvalue weighted by atomic mass is 9.48. The molecule has 0 amide bonds. The molecule has 1 spiro atoms. The standard InChI is InChI=1S/C37H44O6/c1-5-35(3)20-17-29-18-21-37(25(2)34(35)41)22-19-30(38)33(37)36(29,4)24-43-32(40)23-42-31(39)16-13-26-11-14-28(15-12-26)27-9-7-6-8-10-27/h5-16,25,29,33-34,41H,1,17-24H2,2-4H3/b16-13+/t25-,29+,33-,34-,35+,36+,37-/m0/s1. The van der Waals surface area contributed by atoms with Crippen molar-refractivity contribution in [2.75, 3.05) is 13.2 Å². The molecular weight excluding hydrogens is 540 g/mol. The Kier molecular flexibility index (Phi) is 8.80. The van der Waals surface area contributed by atoms with E-state index < -0.39 is 35.5 Å². The van der Waals surface area contributed by atoms with Gasteiger partial charge in [0.05, 0.1) is 12.7 Å². The molecule has 1 N–H and O–H groups in total. The van der Waals surface area contributed by atoms with E-state index in [0.717, 1.165) is 48.8 Å². The van der Waals surface area contributed by atoms with Gasteiger partial charge in [-0.15, -0.1) is 6.58 Å². The number of hydrogen-bond donors (Lipinski definition) is 1. The van der Waals surface area contributed by atoms with Crippen LogP contribution in [-0.4, -0.2) is 42.1 Å². The van der Waals surface area contributed by atoms with Crippen molar-refractivity contribution in [1.29, 1.82) is 0 Å². The van der Waals surface area contributed by atoms with Gasteiger partial charge >= 0.3 is 11.9 Å². The second-order valence-electron chi connectivity index (χ2n) is 13.4. The Morgan fingerprint density at radius 1 is 0.977 bits per heavy atom. The molecule has 0 saturated heterocycles. The van der Waals surface area contributed by atoms with Gasteiger partial charge in [0.25, 0.3) is 0 Å². The van der Waals surface area contributed by atoms with Crippen molar-refractivity contribution >= 4 is 23.8 Å². The molecule has 7 atom stereocenters. The average molecular weight is 585 g/mol. The fourth-order valence-electron chi connectivity index (χ4n) is 8.44. The summed E-state index contributed by atoms with van der Waals surface area (Å²) in [7, 11) is 0. The van der Waals surface area contributed by atoms with Crippen molar-refractivity contribution in [2.24, 2.45) is 34.0 Å². The van der Waals surface area contributed by atoms with Gasteiger partial charge < -0.3 is 14.6 Å². The van der Waals surface area contributed by atoms with Crippen LogP contribution in [0.25, 0.3) is 17.2 Å². The Labute approximate surface area is 255 Å². The van der Waals surface area contributed by atoms with Gasteiger partial charge in [0, 0.05) is 29.2 Å². The van der Waals surface area contributed by atoms with Crippen LogP contribution in [0.4, 0.5) is 0 Å². The van der Waals surface area contributed by atoms with Gasteiger partial charge in [-0.2, -0.15) is 0 Å². The Morgan fingerprint density at radius 3 is 2.35 bits per heavy atom. The van der Waals surface area contributed by atoms with Crippen LogP contribution in [0.2, 0.25) is 0 Å². The molecule has 2 aromatic rings. The highest BCUT2D eigenvalue weighted by molar-refractivity contribution is 5.89. The third kappa shape index (κ3) is 5.86. The van der Waals surface area contributed by atoms with Crippen LogP contribution in [0.1, 0.15) is 64.9 Å². The molecule has 6 nitrogen and oxygen atoms in total. The number of aliphatic hydroxyl groups excluding tert-OH is 1. The second kappa shape index (κ2) is 12.2. The minimum absolute atomic E-state index is 0.0867. The lowest BCUT2D eigenvalue weighted by molar-refractivity contribution is -0.171. The van der Waals surface area contributed by atoms with Crippen molar-refractivity contribution in [2.45, 2.75) is 65.4 Å². The van der Waals surface area contributed by atoms with Crippen LogP contribution in [0.5, 0.6) is 0 Å². The molecule has 4 aliphatic rings. The lowest BCUT2D eigenvalue weighted by Gasteiger charge is -2.55.